The second-order valence-electron chi connectivity index (χ2n) is 4.97. The molecule has 1 aliphatic heterocycles. The van der Waals surface area contributed by atoms with Crippen molar-refractivity contribution >= 4 is 11.9 Å². The van der Waals surface area contributed by atoms with Crippen molar-refractivity contribution in [2.45, 2.75) is 32.4 Å². The van der Waals surface area contributed by atoms with Gasteiger partial charge < -0.3 is 10.0 Å². The van der Waals surface area contributed by atoms with Crippen LogP contribution in [0.15, 0.2) is 18.2 Å². The zero-order chi connectivity index (χ0) is 14.9. The lowest BCUT2D eigenvalue weighted by atomic mass is 9.99. The normalized spacial score (nSPS) is 20.2. The van der Waals surface area contributed by atoms with Crippen LogP contribution in [0.1, 0.15) is 25.3 Å². The van der Waals surface area contributed by atoms with E-state index >= 15 is 0 Å². The van der Waals surface area contributed by atoms with E-state index in [1.165, 1.54) is 24.0 Å². The molecule has 1 amide bonds. The van der Waals surface area contributed by atoms with Gasteiger partial charge in [0.05, 0.1) is 5.92 Å². The van der Waals surface area contributed by atoms with E-state index in [4.69, 9.17) is 5.11 Å². The highest BCUT2D eigenvalue weighted by atomic mass is 19.2. The zero-order valence-corrected chi connectivity index (χ0v) is 11.0. The smallest absolute Gasteiger partial charge is 0.308 e. The highest BCUT2D eigenvalue weighted by Gasteiger charge is 2.37. The van der Waals surface area contributed by atoms with E-state index in [1.807, 2.05) is 0 Å². The number of aliphatic carboxylic acids is 1. The maximum atomic E-state index is 13.6. The number of nitrogens with zero attached hydrogens (tertiary/aromatic N) is 1. The summed E-state index contributed by atoms with van der Waals surface area (Å²) in [4.78, 5) is 24.2. The lowest BCUT2D eigenvalue weighted by Crippen LogP contribution is -2.39. The Morgan fingerprint density at radius 2 is 2.20 bits per heavy atom. The average Bonchev–Trinajstić information content (AvgIpc) is 2.75. The van der Waals surface area contributed by atoms with Gasteiger partial charge in [-0.25, -0.2) is 8.78 Å². The van der Waals surface area contributed by atoms with Gasteiger partial charge >= 0.3 is 5.97 Å². The first-order valence-electron chi connectivity index (χ1n) is 6.37. The summed E-state index contributed by atoms with van der Waals surface area (Å²) in [5.41, 5.74) is 0.0582. The van der Waals surface area contributed by atoms with E-state index in [-0.39, 0.29) is 24.4 Å². The van der Waals surface area contributed by atoms with Gasteiger partial charge in [-0.15, -0.1) is 0 Å². The molecule has 2 atom stereocenters. The van der Waals surface area contributed by atoms with Crippen LogP contribution in [-0.4, -0.2) is 27.9 Å². The predicted octanol–water partition coefficient (Wildman–Crippen LogP) is 2.18. The molecule has 20 heavy (non-hydrogen) atoms. The Hall–Kier alpha value is -1.98. The lowest BCUT2D eigenvalue weighted by molar-refractivity contribution is -0.144. The van der Waals surface area contributed by atoms with Gasteiger partial charge in [0, 0.05) is 24.6 Å². The maximum absolute atomic E-state index is 13.6. The Morgan fingerprint density at radius 3 is 2.85 bits per heavy atom. The Bertz CT molecular complexity index is 547. The van der Waals surface area contributed by atoms with Crippen molar-refractivity contribution in [3.63, 3.8) is 0 Å². The van der Waals surface area contributed by atoms with Gasteiger partial charge in [0.2, 0.25) is 5.91 Å². The minimum absolute atomic E-state index is 0.0582. The molecule has 0 saturated carbocycles. The van der Waals surface area contributed by atoms with Crippen LogP contribution in [0.2, 0.25) is 0 Å². The number of carbonyl (C=O) groups excluding carboxylic acids is 1. The van der Waals surface area contributed by atoms with Crippen molar-refractivity contribution in [1.29, 1.82) is 0 Å². The molecule has 6 heteroatoms. The molecule has 0 bridgehead atoms. The maximum Gasteiger partial charge on any atom is 0.308 e. The number of likely N-dealkylation sites (tertiary alicyclic amines) is 1. The molecule has 0 spiro atoms. The fourth-order valence-electron chi connectivity index (χ4n) is 2.50. The van der Waals surface area contributed by atoms with Crippen molar-refractivity contribution in [3.05, 3.63) is 35.4 Å². The fraction of sp³-hybridized carbons (Fsp3) is 0.429. The van der Waals surface area contributed by atoms with Gasteiger partial charge in [0.25, 0.3) is 0 Å². The number of halogens is 2. The molecule has 1 fully saturated rings. The largest absolute Gasteiger partial charge is 0.481 e. The Kier molecular flexibility index (Phi) is 4.01. The van der Waals surface area contributed by atoms with E-state index in [1.54, 1.807) is 0 Å². The summed E-state index contributed by atoms with van der Waals surface area (Å²) in [6, 6.07) is 3.28. The summed E-state index contributed by atoms with van der Waals surface area (Å²) in [5.74, 6) is -3.94. The minimum atomic E-state index is -1.01. The van der Waals surface area contributed by atoms with Crippen molar-refractivity contribution in [2.75, 3.05) is 0 Å². The van der Waals surface area contributed by atoms with E-state index in [2.05, 4.69) is 0 Å². The van der Waals surface area contributed by atoms with E-state index in [0.29, 0.717) is 6.42 Å². The van der Waals surface area contributed by atoms with Crippen molar-refractivity contribution in [3.8, 4) is 0 Å². The first-order chi connectivity index (χ1) is 9.41. The molecule has 0 radical (unpaired) electrons. The number of rotatable bonds is 4. The SMILES string of the molecule is CC(C(=O)O)C1CCC(=O)N1Cc1cccc(F)c1F. The second-order valence-corrected chi connectivity index (χ2v) is 4.97. The summed E-state index contributed by atoms with van der Waals surface area (Å²) in [6.45, 7) is 1.41. The van der Waals surface area contributed by atoms with E-state index in [9.17, 15) is 18.4 Å². The molecule has 1 N–H and O–H groups in total. The zero-order valence-electron chi connectivity index (χ0n) is 11.0. The molecule has 0 aromatic heterocycles. The number of carbonyl (C=O) groups is 2. The first kappa shape index (κ1) is 14.4. The van der Waals surface area contributed by atoms with Gasteiger partial charge in [-0.2, -0.15) is 0 Å². The second kappa shape index (κ2) is 5.56. The quantitative estimate of drug-likeness (QED) is 0.921. The van der Waals surface area contributed by atoms with Gasteiger partial charge in [0.1, 0.15) is 0 Å². The minimum Gasteiger partial charge on any atom is -0.481 e. The summed E-state index contributed by atoms with van der Waals surface area (Å²) in [7, 11) is 0. The number of carboxylic acids is 1. The molecule has 1 saturated heterocycles. The Balaban J connectivity index is 2.23. The van der Waals surface area contributed by atoms with Crippen LogP contribution in [0.3, 0.4) is 0 Å². The van der Waals surface area contributed by atoms with Crippen LogP contribution in [0.4, 0.5) is 8.78 Å². The van der Waals surface area contributed by atoms with Gasteiger partial charge in [-0.3, -0.25) is 9.59 Å². The molecular weight excluding hydrogens is 268 g/mol. The average molecular weight is 283 g/mol. The molecule has 108 valence electrons. The number of carboxylic acid groups (broad SMARTS) is 1. The molecule has 0 aliphatic carbocycles. The summed E-state index contributed by atoms with van der Waals surface area (Å²) < 4.78 is 26.8. The molecule has 2 rings (SSSR count). The third-order valence-corrected chi connectivity index (χ3v) is 3.71. The summed E-state index contributed by atoms with van der Waals surface area (Å²) in [6.07, 6.45) is 0.655. The molecular formula is C14H15F2NO3. The first-order valence-corrected chi connectivity index (χ1v) is 6.37. The topological polar surface area (TPSA) is 57.6 Å². The van der Waals surface area contributed by atoms with Crippen molar-refractivity contribution in [1.82, 2.24) is 4.90 Å². The number of hydrogen-bond donors (Lipinski definition) is 1. The molecule has 4 nitrogen and oxygen atoms in total. The number of benzene rings is 1. The predicted molar refractivity (Wildman–Crippen MR) is 66.7 cm³/mol. The molecule has 1 aromatic carbocycles. The highest BCUT2D eigenvalue weighted by molar-refractivity contribution is 5.80. The highest BCUT2D eigenvalue weighted by Crippen LogP contribution is 2.28. The molecule has 1 aromatic rings. The van der Waals surface area contributed by atoms with Crippen molar-refractivity contribution < 1.29 is 23.5 Å². The Morgan fingerprint density at radius 1 is 1.50 bits per heavy atom. The summed E-state index contributed by atoms with van der Waals surface area (Å²) >= 11 is 0. The van der Waals surface area contributed by atoms with Crippen LogP contribution >= 0.6 is 0 Å². The van der Waals surface area contributed by atoms with Crippen LogP contribution < -0.4 is 0 Å². The monoisotopic (exact) mass is 283 g/mol. The van der Waals surface area contributed by atoms with Crippen LogP contribution in [-0.2, 0) is 16.1 Å². The number of hydrogen-bond acceptors (Lipinski definition) is 2. The number of amides is 1. The van der Waals surface area contributed by atoms with E-state index < -0.39 is 29.6 Å². The molecule has 2 unspecified atom stereocenters. The van der Waals surface area contributed by atoms with Gasteiger partial charge in [-0.05, 0) is 19.4 Å². The molecule has 1 aliphatic rings. The Labute approximate surface area is 115 Å². The van der Waals surface area contributed by atoms with Crippen LogP contribution in [0.5, 0.6) is 0 Å². The van der Waals surface area contributed by atoms with Gasteiger partial charge in [-0.1, -0.05) is 12.1 Å². The van der Waals surface area contributed by atoms with Gasteiger partial charge in [0.15, 0.2) is 11.6 Å². The van der Waals surface area contributed by atoms with E-state index in [0.717, 1.165) is 6.07 Å². The van der Waals surface area contributed by atoms with Crippen LogP contribution in [0, 0.1) is 17.6 Å². The third-order valence-electron chi connectivity index (χ3n) is 3.71. The molecule has 1 heterocycles. The summed E-state index contributed by atoms with van der Waals surface area (Å²) in [5, 5.41) is 9.04. The standard InChI is InChI=1S/C14H15F2NO3/c1-8(14(19)20)11-5-6-12(18)17(11)7-9-3-2-4-10(15)13(9)16/h2-4,8,11H,5-7H2,1H3,(H,19,20). The van der Waals surface area contributed by atoms with Crippen molar-refractivity contribution in [2.24, 2.45) is 5.92 Å². The lowest BCUT2D eigenvalue weighted by Gasteiger charge is -2.27. The fourth-order valence-corrected chi connectivity index (χ4v) is 2.50. The van der Waals surface area contributed by atoms with Crippen LogP contribution in [0.25, 0.3) is 0 Å². The third kappa shape index (κ3) is 2.64.